The predicted octanol–water partition coefficient (Wildman–Crippen LogP) is 4.79. The molecular formula is C20H27FN2O3S. The number of unbranched alkanes of at least 4 members (excludes halogenated alkanes) is 1. The zero-order valence-electron chi connectivity index (χ0n) is 16.5. The molecule has 148 valence electrons. The summed E-state index contributed by atoms with van der Waals surface area (Å²) in [5.74, 6) is -0.438. The lowest BCUT2D eigenvalue weighted by Gasteiger charge is -2.17. The highest BCUT2D eigenvalue weighted by molar-refractivity contribution is 7.91. The number of carbonyl (C=O) groups is 1. The van der Waals surface area contributed by atoms with Crippen LogP contribution in [0.4, 0.5) is 10.2 Å². The lowest BCUT2D eigenvalue weighted by molar-refractivity contribution is -0.116. The number of hydrogen-bond acceptors (Lipinski definition) is 3. The molecule has 1 aromatic heterocycles. The monoisotopic (exact) mass is 394 g/mol. The molecule has 1 aromatic carbocycles. The zero-order chi connectivity index (χ0) is 20.4. The number of amides is 1. The summed E-state index contributed by atoms with van der Waals surface area (Å²) in [5, 5.41) is 2.81. The van der Waals surface area contributed by atoms with E-state index in [4.69, 9.17) is 0 Å². The Hall–Kier alpha value is -2.15. The van der Waals surface area contributed by atoms with Crippen molar-refractivity contribution in [2.24, 2.45) is 0 Å². The van der Waals surface area contributed by atoms with Crippen LogP contribution in [0.3, 0.4) is 0 Å². The van der Waals surface area contributed by atoms with Gasteiger partial charge in [0.1, 0.15) is 16.5 Å². The quantitative estimate of drug-likeness (QED) is 0.687. The second-order valence-corrected chi connectivity index (χ2v) is 8.85. The molecule has 0 atom stereocenters. The van der Waals surface area contributed by atoms with Crippen molar-refractivity contribution >= 4 is 21.6 Å². The summed E-state index contributed by atoms with van der Waals surface area (Å²) in [5.41, 5.74) is 1.36. The first-order valence-electron chi connectivity index (χ1n) is 9.13. The number of nitrogens with zero attached hydrogens (tertiary/aromatic N) is 1. The van der Waals surface area contributed by atoms with Crippen LogP contribution in [-0.2, 0) is 14.6 Å². The molecule has 0 bridgehead atoms. The van der Waals surface area contributed by atoms with Crippen LogP contribution in [0, 0.1) is 19.7 Å². The molecule has 2 rings (SSSR count). The molecular weight excluding hydrogens is 367 g/mol. The SMILES string of the molecule is CCCCC(=O)Nc1c(S(=O)(=O)c2ccc(F)cc2)c(C)c(C)n1C(C)C. The van der Waals surface area contributed by atoms with Crippen molar-refractivity contribution < 1.29 is 17.6 Å². The van der Waals surface area contributed by atoms with Gasteiger partial charge in [-0.2, -0.15) is 0 Å². The van der Waals surface area contributed by atoms with Gasteiger partial charge < -0.3 is 9.88 Å². The molecule has 1 N–H and O–H groups in total. The number of hydrogen-bond donors (Lipinski definition) is 1. The Morgan fingerprint density at radius 3 is 2.30 bits per heavy atom. The van der Waals surface area contributed by atoms with Crippen molar-refractivity contribution in [1.29, 1.82) is 0 Å². The van der Waals surface area contributed by atoms with Crippen LogP contribution < -0.4 is 5.32 Å². The lowest BCUT2D eigenvalue weighted by Crippen LogP contribution is -2.18. The third-order valence-corrected chi connectivity index (χ3v) is 6.55. The number of aromatic nitrogens is 1. The van der Waals surface area contributed by atoms with Crippen LogP contribution in [0.15, 0.2) is 34.1 Å². The maximum Gasteiger partial charge on any atom is 0.225 e. The summed E-state index contributed by atoms with van der Waals surface area (Å²) in [7, 11) is -3.92. The first-order chi connectivity index (χ1) is 12.6. The van der Waals surface area contributed by atoms with E-state index in [2.05, 4.69) is 5.32 Å². The second-order valence-electron chi connectivity index (χ2n) is 6.96. The fourth-order valence-corrected chi connectivity index (χ4v) is 4.84. The number of nitrogens with one attached hydrogen (secondary N) is 1. The van der Waals surface area contributed by atoms with Gasteiger partial charge in [0, 0.05) is 18.2 Å². The number of halogens is 1. The minimum absolute atomic E-state index is 0.00281. The van der Waals surface area contributed by atoms with Gasteiger partial charge in [-0.15, -0.1) is 0 Å². The lowest BCUT2D eigenvalue weighted by atomic mass is 10.2. The smallest absolute Gasteiger partial charge is 0.225 e. The number of benzene rings is 1. The highest BCUT2D eigenvalue weighted by atomic mass is 32.2. The summed E-state index contributed by atoms with van der Waals surface area (Å²) in [4.78, 5) is 12.4. The average molecular weight is 395 g/mol. The standard InChI is InChI=1S/C20H27FN2O3S/c1-6-7-8-18(24)22-20-19(14(4)15(5)23(20)13(2)3)27(25,26)17-11-9-16(21)10-12-17/h9-13H,6-8H2,1-5H3,(H,22,24). The highest BCUT2D eigenvalue weighted by Crippen LogP contribution is 2.37. The fourth-order valence-electron chi connectivity index (χ4n) is 3.15. The molecule has 0 saturated heterocycles. The van der Waals surface area contributed by atoms with E-state index in [-0.39, 0.29) is 27.6 Å². The van der Waals surface area contributed by atoms with Gasteiger partial charge in [0.2, 0.25) is 15.7 Å². The molecule has 1 heterocycles. The van der Waals surface area contributed by atoms with Gasteiger partial charge in [-0.3, -0.25) is 4.79 Å². The van der Waals surface area contributed by atoms with Crippen molar-refractivity contribution in [3.63, 3.8) is 0 Å². The third kappa shape index (κ3) is 4.24. The van der Waals surface area contributed by atoms with E-state index in [1.54, 1.807) is 6.92 Å². The van der Waals surface area contributed by atoms with Gasteiger partial charge in [-0.25, -0.2) is 12.8 Å². The predicted molar refractivity (Wildman–Crippen MR) is 104 cm³/mol. The number of anilines is 1. The van der Waals surface area contributed by atoms with Crippen molar-refractivity contribution in [2.45, 2.75) is 69.7 Å². The average Bonchev–Trinajstić information content (AvgIpc) is 2.84. The molecule has 0 radical (unpaired) electrons. The minimum atomic E-state index is -3.92. The number of carbonyl (C=O) groups excluding carboxylic acids is 1. The van der Waals surface area contributed by atoms with Crippen molar-refractivity contribution in [3.8, 4) is 0 Å². The van der Waals surface area contributed by atoms with Gasteiger partial charge in [-0.05, 0) is 63.9 Å². The van der Waals surface area contributed by atoms with E-state index in [1.807, 2.05) is 32.3 Å². The largest absolute Gasteiger partial charge is 0.328 e. The first-order valence-corrected chi connectivity index (χ1v) is 10.6. The topological polar surface area (TPSA) is 68.2 Å². The Morgan fingerprint density at radius 2 is 1.78 bits per heavy atom. The van der Waals surface area contributed by atoms with Crippen LogP contribution in [-0.4, -0.2) is 18.9 Å². The Kier molecular flexibility index (Phi) is 6.46. The van der Waals surface area contributed by atoms with Gasteiger partial charge in [-0.1, -0.05) is 13.3 Å². The number of rotatable bonds is 7. The molecule has 0 unspecified atom stereocenters. The maximum atomic E-state index is 13.3. The Balaban J connectivity index is 2.66. The summed E-state index contributed by atoms with van der Waals surface area (Å²) < 4.78 is 41.6. The Labute approximate surface area is 160 Å². The van der Waals surface area contributed by atoms with E-state index in [9.17, 15) is 17.6 Å². The summed E-state index contributed by atoms with van der Waals surface area (Å²) in [6, 6.07) is 4.69. The van der Waals surface area contributed by atoms with E-state index in [0.717, 1.165) is 30.7 Å². The molecule has 0 saturated carbocycles. The van der Waals surface area contributed by atoms with E-state index < -0.39 is 15.7 Å². The van der Waals surface area contributed by atoms with Crippen LogP contribution in [0.25, 0.3) is 0 Å². The maximum absolute atomic E-state index is 13.3. The van der Waals surface area contributed by atoms with Crippen molar-refractivity contribution in [1.82, 2.24) is 4.57 Å². The van der Waals surface area contributed by atoms with Gasteiger partial charge in [0.05, 0.1) is 4.90 Å². The molecule has 0 aliphatic heterocycles. The first kappa shape index (κ1) is 21.2. The molecule has 0 aliphatic rings. The number of sulfone groups is 1. The van der Waals surface area contributed by atoms with Crippen molar-refractivity contribution in [2.75, 3.05) is 5.32 Å². The molecule has 7 heteroatoms. The molecule has 1 amide bonds. The summed E-state index contributed by atoms with van der Waals surface area (Å²) in [6.07, 6.45) is 1.93. The molecule has 27 heavy (non-hydrogen) atoms. The van der Waals surface area contributed by atoms with Crippen LogP contribution in [0.2, 0.25) is 0 Å². The molecule has 0 spiro atoms. The zero-order valence-corrected chi connectivity index (χ0v) is 17.3. The van der Waals surface area contributed by atoms with E-state index >= 15 is 0 Å². The normalized spacial score (nSPS) is 11.8. The molecule has 2 aromatic rings. The fraction of sp³-hybridized carbons (Fsp3) is 0.450. The second kappa shape index (κ2) is 8.25. The van der Waals surface area contributed by atoms with Crippen molar-refractivity contribution in [3.05, 3.63) is 41.3 Å². The molecule has 0 fully saturated rings. The van der Waals surface area contributed by atoms with Gasteiger partial charge in [0.25, 0.3) is 0 Å². The molecule has 5 nitrogen and oxygen atoms in total. The third-order valence-electron chi connectivity index (χ3n) is 4.62. The minimum Gasteiger partial charge on any atom is -0.328 e. The Morgan fingerprint density at radius 1 is 1.19 bits per heavy atom. The summed E-state index contributed by atoms with van der Waals surface area (Å²) >= 11 is 0. The van der Waals surface area contributed by atoms with Gasteiger partial charge >= 0.3 is 0 Å². The van der Waals surface area contributed by atoms with Crippen LogP contribution >= 0.6 is 0 Å². The van der Waals surface area contributed by atoms with Crippen LogP contribution in [0.1, 0.15) is 57.3 Å². The highest BCUT2D eigenvalue weighted by Gasteiger charge is 2.31. The van der Waals surface area contributed by atoms with Crippen LogP contribution in [0.5, 0.6) is 0 Å². The molecule has 0 aliphatic carbocycles. The Bertz CT molecular complexity index is 929. The van der Waals surface area contributed by atoms with Gasteiger partial charge in [0.15, 0.2) is 0 Å². The van der Waals surface area contributed by atoms with E-state index in [1.165, 1.54) is 12.1 Å². The summed E-state index contributed by atoms with van der Waals surface area (Å²) in [6.45, 7) is 9.42. The van der Waals surface area contributed by atoms with E-state index in [0.29, 0.717) is 12.0 Å².